The van der Waals surface area contributed by atoms with E-state index < -0.39 is 0 Å². The largest absolute Gasteiger partial charge is 0.350 e. The summed E-state index contributed by atoms with van der Waals surface area (Å²) in [6.45, 7) is 0.569. The minimum absolute atomic E-state index is 0.0244. The molecule has 0 fully saturated rings. The molecule has 3 rings (SSSR count). The number of aryl methyl sites for hydroxylation is 1. The number of hydrogen-bond acceptors (Lipinski definition) is 2. The fourth-order valence-corrected chi connectivity index (χ4v) is 3.60. The predicted molar refractivity (Wildman–Crippen MR) is 88.0 cm³/mol. The Morgan fingerprint density at radius 1 is 1.29 bits per heavy atom. The molecule has 0 spiro atoms. The van der Waals surface area contributed by atoms with Crippen molar-refractivity contribution in [1.82, 2.24) is 9.47 Å². The minimum Gasteiger partial charge on any atom is -0.350 e. The number of thiophene rings is 1. The van der Waals surface area contributed by atoms with Crippen LogP contribution in [0.4, 0.5) is 0 Å². The first-order chi connectivity index (χ1) is 10.1. The molecule has 0 saturated heterocycles. The molecule has 2 heterocycles. The van der Waals surface area contributed by atoms with Crippen LogP contribution in [-0.4, -0.2) is 22.4 Å². The maximum Gasteiger partial charge on any atom is 0.256 e. The van der Waals surface area contributed by atoms with Crippen LogP contribution in [0.1, 0.15) is 15.2 Å². The van der Waals surface area contributed by atoms with Gasteiger partial charge in [-0.25, -0.2) is 0 Å². The van der Waals surface area contributed by atoms with Crippen molar-refractivity contribution in [2.45, 2.75) is 6.54 Å². The zero-order chi connectivity index (χ0) is 15.0. The molecule has 0 aliphatic rings. The molecule has 0 aliphatic carbocycles. The van der Waals surface area contributed by atoms with Crippen molar-refractivity contribution in [3.63, 3.8) is 0 Å². The van der Waals surface area contributed by atoms with E-state index in [1.54, 1.807) is 4.90 Å². The maximum absolute atomic E-state index is 12.7. The first-order valence-electron chi connectivity index (χ1n) is 6.60. The van der Waals surface area contributed by atoms with Gasteiger partial charge in [-0.15, -0.1) is 11.3 Å². The lowest BCUT2D eigenvalue weighted by Crippen LogP contribution is -2.25. The van der Waals surface area contributed by atoms with Crippen LogP contribution in [0.5, 0.6) is 0 Å². The lowest BCUT2D eigenvalue weighted by atomic mass is 10.1. The average molecular weight is 319 g/mol. The minimum atomic E-state index is 0.0244. The average Bonchev–Trinajstić information content (AvgIpc) is 3.03. The molecule has 0 saturated carbocycles. The lowest BCUT2D eigenvalue weighted by Gasteiger charge is -2.15. The summed E-state index contributed by atoms with van der Waals surface area (Å²) in [6, 6.07) is 11.8. The molecule has 0 N–H and O–H groups in total. The van der Waals surface area contributed by atoms with Crippen molar-refractivity contribution in [3.05, 3.63) is 57.4 Å². The Bertz CT molecular complexity index is 806. The first kappa shape index (κ1) is 14.2. The second-order valence-corrected chi connectivity index (χ2v) is 6.84. The summed E-state index contributed by atoms with van der Waals surface area (Å²) in [5, 5.41) is 0.987. The third kappa shape index (κ3) is 2.69. The van der Waals surface area contributed by atoms with Gasteiger partial charge in [-0.1, -0.05) is 29.8 Å². The van der Waals surface area contributed by atoms with E-state index in [-0.39, 0.29) is 5.91 Å². The van der Waals surface area contributed by atoms with Crippen LogP contribution in [0.15, 0.2) is 42.6 Å². The van der Waals surface area contributed by atoms with Crippen molar-refractivity contribution in [2.75, 3.05) is 7.05 Å². The SMILES string of the molecule is CN(Cc1ccc(Cl)s1)C(=O)c1cn(C)c2ccccc12. The lowest BCUT2D eigenvalue weighted by molar-refractivity contribution is 0.0788. The number of halogens is 1. The van der Waals surface area contributed by atoms with Gasteiger partial charge in [0.05, 0.1) is 16.4 Å². The Labute approximate surface area is 132 Å². The highest BCUT2D eigenvalue weighted by molar-refractivity contribution is 7.16. The quantitative estimate of drug-likeness (QED) is 0.711. The number of hydrogen-bond donors (Lipinski definition) is 0. The zero-order valence-corrected chi connectivity index (χ0v) is 13.4. The van der Waals surface area contributed by atoms with Crippen LogP contribution >= 0.6 is 22.9 Å². The van der Waals surface area contributed by atoms with Crippen molar-refractivity contribution in [2.24, 2.45) is 7.05 Å². The van der Waals surface area contributed by atoms with Gasteiger partial charge in [0.2, 0.25) is 0 Å². The fourth-order valence-electron chi connectivity index (χ4n) is 2.46. The van der Waals surface area contributed by atoms with Crippen LogP contribution in [-0.2, 0) is 13.6 Å². The van der Waals surface area contributed by atoms with Gasteiger partial charge in [0.25, 0.3) is 5.91 Å². The molecular formula is C16H15ClN2OS. The molecule has 3 nitrogen and oxygen atoms in total. The Balaban J connectivity index is 1.89. The molecular weight excluding hydrogens is 304 g/mol. The molecule has 1 aromatic carbocycles. The summed E-state index contributed by atoms with van der Waals surface area (Å²) in [5.41, 5.74) is 1.80. The molecule has 108 valence electrons. The Morgan fingerprint density at radius 3 is 2.76 bits per heavy atom. The third-order valence-electron chi connectivity index (χ3n) is 3.50. The predicted octanol–water partition coefficient (Wildman–Crippen LogP) is 4.17. The Morgan fingerprint density at radius 2 is 2.05 bits per heavy atom. The smallest absolute Gasteiger partial charge is 0.256 e. The molecule has 0 radical (unpaired) electrons. The highest BCUT2D eigenvalue weighted by Crippen LogP contribution is 2.25. The zero-order valence-electron chi connectivity index (χ0n) is 11.8. The molecule has 0 bridgehead atoms. The monoisotopic (exact) mass is 318 g/mol. The van der Waals surface area contributed by atoms with E-state index in [9.17, 15) is 4.79 Å². The molecule has 3 aromatic rings. The van der Waals surface area contributed by atoms with Gasteiger partial charge in [-0.05, 0) is 18.2 Å². The maximum atomic E-state index is 12.7. The molecule has 5 heteroatoms. The van der Waals surface area contributed by atoms with Gasteiger partial charge in [0, 0.05) is 36.1 Å². The summed E-state index contributed by atoms with van der Waals surface area (Å²) in [6.07, 6.45) is 1.89. The van der Waals surface area contributed by atoms with Crippen LogP contribution < -0.4 is 0 Å². The van der Waals surface area contributed by atoms with Crippen LogP contribution in [0, 0.1) is 0 Å². The van der Waals surface area contributed by atoms with E-state index in [0.29, 0.717) is 6.54 Å². The van der Waals surface area contributed by atoms with Crippen LogP contribution in [0.2, 0.25) is 4.34 Å². The van der Waals surface area contributed by atoms with Gasteiger partial charge in [0.15, 0.2) is 0 Å². The summed E-state index contributed by atoms with van der Waals surface area (Å²) in [7, 11) is 3.77. The van der Waals surface area contributed by atoms with E-state index >= 15 is 0 Å². The van der Waals surface area contributed by atoms with Crippen molar-refractivity contribution in [3.8, 4) is 0 Å². The summed E-state index contributed by atoms with van der Waals surface area (Å²) in [5.74, 6) is 0.0244. The number of fused-ring (bicyclic) bond motifs is 1. The topological polar surface area (TPSA) is 25.2 Å². The van der Waals surface area contributed by atoms with E-state index in [1.165, 1.54) is 11.3 Å². The molecule has 0 atom stereocenters. The molecule has 0 unspecified atom stereocenters. The third-order valence-corrected chi connectivity index (χ3v) is 4.71. The highest BCUT2D eigenvalue weighted by Gasteiger charge is 2.18. The molecule has 21 heavy (non-hydrogen) atoms. The number of rotatable bonds is 3. The Kier molecular flexibility index (Phi) is 3.74. The van der Waals surface area contributed by atoms with E-state index in [4.69, 9.17) is 11.6 Å². The van der Waals surface area contributed by atoms with E-state index in [2.05, 4.69) is 0 Å². The number of para-hydroxylation sites is 1. The van der Waals surface area contributed by atoms with Gasteiger partial charge in [-0.3, -0.25) is 4.79 Å². The second-order valence-electron chi connectivity index (χ2n) is 5.04. The van der Waals surface area contributed by atoms with Crippen molar-refractivity contribution in [1.29, 1.82) is 0 Å². The Hall–Kier alpha value is -1.78. The number of benzene rings is 1. The van der Waals surface area contributed by atoms with Gasteiger partial charge < -0.3 is 9.47 Å². The second kappa shape index (κ2) is 5.54. The number of carbonyl (C=O) groups excluding carboxylic acids is 1. The summed E-state index contributed by atoms with van der Waals surface area (Å²) in [4.78, 5) is 15.5. The molecule has 0 aliphatic heterocycles. The molecule has 1 amide bonds. The highest BCUT2D eigenvalue weighted by atomic mass is 35.5. The van der Waals surface area contributed by atoms with Gasteiger partial charge in [-0.2, -0.15) is 0 Å². The van der Waals surface area contributed by atoms with Crippen molar-refractivity contribution >= 4 is 39.7 Å². The fraction of sp³-hybridized carbons (Fsp3) is 0.188. The van der Waals surface area contributed by atoms with Gasteiger partial charge >= 0.3 is 0 Å². The van der Waals surface area contributed by atoms with Crippen molar-refractivity contribution < 1.29 is 4.79 Å². The molecule has 2 aromatic heterocycles. The number of carbonyl (C=O) groups is 1. The summed E-state index contributed by atoms with van der Waals surface area (Å²) < 4.78 is 2.73. The van der Waals surface area contributed by atoms with E-state index in [0.717, 1.165) is 25.7 Å². The first-order valence-corrected chi connectivity index (χ1v) is 7.79. The summed E-state index contributed by atoms with van der Waals surface area (Å²) >= 11 is 7.44. The number of amides is 1. The normalized spacial score (nSPS) is 11.0. The van der Waals surface area contributed by atoms with E-state index in [1.807, 2.05) is 61.3 Å². The van der Waals surface area contributed by atoms with Crippen LogP contribution in [0.25, 0.3) is 10.9 Å². The number of nitrogens with zero attached hydrogens (tertiary/aromatic N) is 2. The van der Waals surface area contributed by atoms with Crippen LogP contribution in [0.3, 0.4) is 0 Å². The number of aromatic nitrogens is 1. The standard InChI is InChI=1S/C16H15ClN2OS/c1-18-10-13(12-5-3-4-6-14(12)18)16(20)19(2)9-11-7-8-15(17)21-11/h3-8,10H,9H2,1-2H3. The van der Waals surface area contributed by atoms with Gasteiger partial charge in [0.1, 0.15) is 0 Å².